The first-order chi connectivity index (χ1) is 14.5. The van der Waals surface area contributed by atoms with Crippen molar-refractivity contribution in [1.29, 1.82) is 0 Å². The highest BCUT2D eigenvalue weighted by Gasteiger charge is 2.11. The summed E-state index contributed by atoms with van der Waals surface area (Å²) in [6.07, 6.45) is 0. The lowest BCUT2D eigenvalue weighted by Gasteiger charge is -2.16. The number of ether oxygens (including phenoxy) is 3. The molecule has 2 amide bonds. The predicted octanol–water partition coefficient (Wildman–Crippen LogP) is 4.68. The molecule has 156 valence electrons. The van der Waals surface area contributed by atoms with Gasteiger partial charge in [-0.2, -0.15) is 0 Å². The number of carbonyl (C=O) groups is 1. The van der Waals surface area contributed by atoms with Gasteiger partial charge in [0.25, 0.3) is 0 Å². The number of nitrogens with two attached hydrogens (primary N) is 1. The summed E-state index contributed by atoms with van der Waals surface area (Å²) in [5.41, 5.74) is 5.52. The molecule has 0 saturated carbocycles. The highest BCUT2D eigenvalue weighted by atomic mass is 16.5. The Morgan fingerprint density at radius 2 is 1.63 bits per heavy atom. The third-order valence-electron chi connectivity index (χ3n) is 4.60. The Bertz CT molecular complexity index is 1020. The summed E-state index contributed by atoms with van der Waals surface area (Å²) in [7, 11) is 1.63. The van der Waals surface area contributed by atoms with Crippen LogP contribution in [0.2, 0.25) is 0 Å². The van der Waals surface area contributed by atoms with Crippen LogP contribution in [0.3, 0.4) is 0 Å². The number of hydrazine groups is 1. The Morgan fingerprint density at radius 3 is 2.30 bits per heavy atom. The van der Waals surface area contributed by atoms with Gasteiger partial charge in [0.2, 0.25) is 0 Å². The van der Waals surface area contributed by atoms with Gasteiger partial charge < -0.3 is 19.5 Å². The van der Waals surface area contributed by atoms with Gasteiger partial charge in [-0.05, 0) is 73.5 Å². The van der Waals surface area contributed by atoms with Gasteiger partial charge in [-0.3, -0.25) is 5.43 Å². The van der Waals surface area contributed by atoms with Gasteiger partial charge in [0.1, 0.15) is 29.6 Å². The standard InChI is InChI=1S/C23H25N3O4/c1-15-5-4-6-21(25-23(27)26-24)20(15)14-29-22-12-11-19(13-16(22)2)30-18-9-7-17(28-3)8-10-18/h4-13H,14,24H2,1-3H3,(H2,25,26,27). The molecule has 0 bridgehead atoms. The quantitative estimate of drug-likeness (QED) is 0.300. The summed E-state index contributed by atoms with van der Waals surface area (Å²) >= 11 is 0. The first kappa shape index (κ1) is 21.0. The summed E-state index contributed by atoms with van der Waals surface area (Å²) < 4.78 is 17.1. The smallest absolute Gasteiger partial charge is 0.333 e. The summed E-state index contributed by atoms with van der Waals surface area (Å²) in [4.78, 5) is 11.6. The third kappa shape index (κ3) is 5.21. The molecule has 0 saturated heterocycles. The van der Waals surface area contributed by atoms with Gasteiger partial charge in [0.15, 0.2) is 0 Å². The number of nitrogens with one attached hydrogen (secondary N) is 2. The second-order valence-electron chi connectivity index (χ2n) is 6.69. The molecule has 0 unspecified atom stereocenters. The van der Waals surface area contributed by atoms with E-state index in [1.165, 1.54) is 0 Å². The maximum atomic E-state index is 11.6. The van der Waals surface area contributed by atoms with Crippen LogP contribution in [0, 0.1) is 13.8 Å². The number of aryl methyl sites for hydroxylation is 2. The molecule has 0 atom stereocenters. The fourth-order valence-corrected chi connectivity index (χ4v) is 2.95. The average molecular weight is 407 g/mol. The fourth-order valence-electron chi connectivity index (χ4n) is 2.95. The maximum absolute atomic E-state index is 11.6. The van der Waals surface area contributed by atoms with Crippen LogP contribution in [0.4, 0.5) is 10.5 Å². The van der Waals surface area contributed by atoms with Crippen molar-refractivity contribution in [3.05, 3.63) is 77.4 Å². The Hall–Kier alpha value is -3.71. The minimum Gasteiger partial charge on any atom is -0.497 e. The molecule has 7 nitrogen and oxygen atoms in total. The van der Waals surface area contributed by atoms with Crippen molar-refractivity contribution >= 4 is 11.7 Å². The Kier molecular flexibility index (Phi) is 6.77. The van der Waals surface area contributed by atoms with Crippen molar-refractivity contribution in [3.8, 4) is 23.0 Å². The van der Waals surface area contributed by atoms with Crippen molar-refractivity contribution in [1.82, 2.24) is 5.43 Å². The molecule has 0 fully saturated rings. The molecule has 0 heterocycles. The normalized spacial score (nSPS) is 10.3. The number of urea groups is 1. The number of carbonyl (C=O) groups excluding carboxylic acids is 1. The van der Waals surface area contributed by atoms with Gasteiger partial charge >= 0.3 is 6.03 Å². The van der Waals surface area contributed by atoms with Gasteiger partial charge in [-0.15, -0.1) is 0 Å². The summed E-state index contributed by atoms with van der Waals surface area (Å²) in [5, 5.41) is 2.71. The molecule has 0 aliphatic rings. The molecule has 0 spiro atoms. The van der Waals surface area contributed by atoms with E-state index in [9.17, 15) is 4.79 Å². The van der Waals surface area contributed by atoms with E-state index in [0.717, 1.165) is 33.9 Å². The molecule has 3 rings (SSSR count). The molecule has 4 N–H and O–H groups in total. The molecule has 0 aliphatic heterocycles. The minimum absolute atomic E-state index is 0.298. The molecular weight excluding hydrogens is 382 g/mol. The van der Waals surface area contributed by atoms with E-state index < -0.39 is 6.03 Å². The lowest BCUT2D eigenvalue weighted by atomic mass is 10.1. The van der Waals surface area contributed by atoms with Crippen molar-refractivity contribution in [2.75, 3.05) is 12.4 Å². The van der Waals surface area contributed by atoms with Crippen LogP contribution in [-0.4, -0.2) is 13.1 Å². The van der Waals surface area contributed by atoms with E-state index in [2.05, 4.69) is 10.7 Å². The van der Waals surface area contributed by atoms with Gasteiger partial charge in [-0.1, -0.05) is 12.1 Å². The minimum atomic E-state index is -0.488. The maximum Gasteiger partial charge on any atom is 0.333 e. The van der Waals surface area contributed by atoms with Crippen LogP contribution in [0.5, 0.6) is 23.0 Å². The van der Waals surface area contributed by atoms with Crippen molar-refractivity contribution in [3.63, 3.8) is 0 Å². The molecule has 0 aliphatic carbocycles. The third-order valence-corrected chi connectivity index (χ3v) is 4.60. The highest BCUT2D eigenvalue weighted by Crippen LogP contribution is 2.29. The Labute approximate surface area is 175 Å². The van der Waals surface area contributed by atoms with E-state index in [1.807, 2.05) is 68.4 Å². The van der Waals surface area contributed by atoms with E-state index in [4.69, 9.17) is 20.1 Å². The van der Waals surface area contributed by atoms with E-state index in [1.54, 1.807) is 13.2 Å². The topological polar surface area (TPSA) is 94.8 Å². The lowest BCUT2D eigenvalue weighted by molar-refractivity contribution is 0.252. The van der Waals surface area contributed by atoms with Crippen molar-refractivity contribution in [2.45, 2.75) is 20.5 Å². The summed E-state index contributed by atoms with van der Waals surface area (Å²) in [6, 6.07) is 18.2. The van der Waals surface area contributed by atoms with Crippen LogP contribution >= 0.6 is 0 Å². The zero-order valence-electron chi connectivity index (χ0n) is 17.2. The number of hydrogen-bond donors (Lipinski definition) is 3. The summed E-state index contributed by atoms with van der Waals surface area (Å²) in [6.45, 7) is 4.21. The zero-order valence-corrected chi connectivity index (χ0v) is 17.2. The average Bonchev–Trinajstić information content (AvgIpc) is 2.75. The molecule has 0 aromatic heterocycles. The Balaban J connectivity index is 1.70. The number of methoxy groups -OCH3 is 1. The monoisotopic (exact) mass is 407 g/mol. The zero-order chi connectivity index (χ0) is 21.5. The Morgan fingerprint density at radius 1 is 0.933 bits per heavy atom. The van der Waals surface area contributed by atoms with Crippen LogP contribution in [0.25, 0.3) is 0 Å². The number of rotatable bonds is 7. The molecule has 30 heavy (non-hydrogen) atoms. The molecule has 0 radical (unpaired) electrons. The second-order valence-corrected chi connectivity index (χ2v) is 6.69. The SMILES string of the molecule is COc1ccc(Oc2ccc(OCc3c(C)cccc3NC(=O)NN)c(C)c2)cc1. The van der Waals surface area contributed by atoms with Gasteiger partial charge in [0.05, 0.1) is 7.11 Å². The first-order valence-electron chi connectivity index (χ1n) is 9.41. The number of amides is 2. The largest absolute Gasteiger partial charge is 0.497 e. The molecule has 3 aromatic carbocycles. The van der Waals surface area contributed by atoms with E-state index >= 15 is 0 Å². The molecular formula is C23H25N3O4. The van der Waals surface area contributed by atoms with Crippen LogP contribution < -0.4 is 30.8 Å². The van der Waals surface area contributed by atoms with E-state index in [0.29, 0.717) is 18.0 Å². The second kappa shape index (κ2) is 9.67. The van der Waals surface area contributed by atoms with E-state index in [-0.39, 0.29) is 0 Å². The fraction of sp³-hybridized carbons (Fsp3) is 0.174. The molecule has 7 heteroatoms. The lowest BCUT2D eigenvalue weighted by Crippen LogP contribution is -2.34. The number of anilines is 1. The number of hydrogen-bond acceptors (Lipinski definition) is 5. The predicted molar refractivity (Wildman–Crippen MR) is 116 cm³/mol. The summed E-state index contributed by atoms with van der Waals surface area (Å²) in [5.74, 6) is 8.10. The van der Waals surface area contributed by atoms with Crippen LogP contribution in [0.1, 0.15) is 16.7 Å². The number of benzene rings is 3. The highest BCUT2D eigenvalue weighted by molar-refractivity contribution is 5.89. The molecule has 3 aromatic rings. The van der Waals surface area contributed by atoms with Crippen molar-refractivity contribution < 1.29 is 19.0 Å². The van der Waals surface area contributed by atoms with Crippen molar-refractivity contribution in [2.24, 2.45) is 5.84 Å². The van der Waals surface area contributed by atoms with Crippen LogP contribution in [0.15, 0.2) is 60.7 Å². The van der Waals surface area contributed by atoms with Gasteiger partial charge in [-0.25, -0.2) is 10.6 Å². The van der Waals surface area contributed by atoms with Gasteiger partial charge in [0, 0.05) is 11.3 Å². The first-order valence-corrected chi connectivity index (χ1v) is 9.41. The van der Waals surface area contributed by atoms with Crippen LogP contribution in [-0.2, 0) is 6.61 Å².